The number of hydrogen-bond donors (Lipinski definition) is 1. The Morgan fingerprint density at radius 1 is 1.50 bits per heavy atom. The Balaban J connectivity index is 3.19. The molecule has 1 aromatic rings. The second-order valence-corrected chi connectivity index (χ2v) is 3.39. The Labute approximate surface area is 69.9 Å². The first-order chi connectivity index (χ1) is 4.72. The summed E-state index contributed by atoms with van der Waals surface area (Å²) in [5.74, 6) is 0. The maximum Gasteiger partial charge on any atom is 0.104 e. The summed E-state index contributed by atoms with van der Waals surface area (Å²) in [7, 11) is 0. The van der Waals surface area contributed by atoms with Gasteiger partial charge in [0.1, 0.15) is 4.64 Å². The van der Waals surface area contributed by atoms with E-state index in [2.05, 4.69) is 11.1 Å². The molecule has 1 aromatic heterocycles. The fraction of sp³-hybridized carbons (Fsp3) is 0.286. The highest BCUT2D eigenvalue weighted by Crippen LogP contribution is 2.14. The molecule has 0 spiro atoms. The molecule has 54 valence electrons. The number of thioether (sulfide) groups is 1. The molecule has 0 amide bonds. The van der Waals surface area contributed by atoms with Gasteiger partial charge in [-0.15, -0.1) is 11.8 Å². The van der Waals surface area contributed by atoms with E-state index < -0.39 is 0 Å². The summed E-state index contributed by atoms with van der Waals surface area (Å²) in [6, 6.07) is 4.05. The number of hydrogen-bond acceptors (Lipinski definition) is 2. The molecule has 1 heterocycles. The fourth-order valence-corrected chi connectivity index (χ4v) is 1.66. The van der Waals surface area contributed by atoms with E-state index in [0.717, 1.165) is 10.3 Å². The number of nitrogens with one attached hydrogen (secondary N) is 1. The molecule has 0 radical (unpaired) electrons. The van der Waals surface area contributed by atoms with Crippen molar-refractivity contribution in [1.29, 1.82) is 0 Å². The average Bonchev–Trinajstić information content (AvgIpc) is 1.85. The number of H-pyrrole nitrogens is 1. The lowest BCUT2D eigenvalue weighted by molar-refractivity contribution is 1.14. The van der Waals surface area contributed by atoms with Crippen LogP contribution >= 0.6 is 24.0 Å². The zero-order valence-corrected chi connectivity index (χ0v) is 7.60. The van der Waals surface area contributed by atoms with Crippen molar-refractivity contribution in [1.82, 2.24) is 4.98 Å². The summed E-state index contributed by atoms with van der Waals surface area (Å²) < 4.78 is 0.810. The van der Waals surface area contributed by atoms with Gasteiger partial charge >= 0.3 is 0 Å². The zero-order chi connectivity index (χ0) is 7.56. The largest absolute Gasteiger partial charge is 0.350 e. The van der Waals surface area contributed by atoms with Crippen LogP contribution in [0.25, 0.3) is 0 Å². The minimum Gasteiger partial charge on any atom is -0.350 e. The van der Waals surface area contributed by atoms with E-state index in [1.807, 2.05) is 19.2 Å². The number of aromatic amines is 1. The van der Waals surface area contributed by atoms with Crippen LogP contribution in [0.3, 0.4) is 0 Å². The van der Waals surface area contributed by atoms with Crippen molar-refractivity contribution in [3.63, 3.8) is 0 Å². The van der Waals surface area contributed by atoms with E-state index in [1.54, 1.807) is 11.8 Å². The Morgan fingerprint density at radius 3 is 2.70 bits per heavy atom. The Bertz CT molecular complexity index is 277. The molecule has 0 atom stereocenters. The predicted molar refractivity (Wildman–Crippen MR) is 48.1 cm³/mol. The Kier molecular flexibility index (Phi) is 2.51. The average molecular weight is 171 g/mol. The lowest BCUT2D eigenvalue weighted by atomic mass is 10.4. The van der Waals surface area contributed by atoms with Crippen LogP contribution in [0.1, 0.15) is 5.69 Å². The highest BCUT2D eigenvalue weighted by molar-refractivity contribution is 7.98. The van der Waals surface area contributed by atoms with Gasteiger partial charge in [-0.25, -0.2) is 0 Å². The minimum atomic E-state index is 0.810. The zero-order valence-electron chi connectivity index (χ0n) is 5.97. The van der Waals surface area contributed by atoms with Crippen molar-refractivity contribution in [2.45, 2.75) is 11.8 Å². The van der Waals surface area contributed by atoms with Crippen LogP contribution in [0, 0.1) is 11.6 Å². The van der Waals surface area contributed by atoms with Crippen molar-refractivity contribution >= 4 is 24.0 Å². The third kappa shape index (κ3) is 1.85. The molecule has 1 N–H and O–H groups in total. The number of aromatic nitrogens is 1. The van der Waals surface area contributed by atoms with Crippen molar-refractivity contribution in [2.75, 3.05) is 6.26 Å². The lowest BCUT2D eigenvalue weighted by Crippen LogP contribution is -1.81. The molecule has 0 aliphatic carbocycles. The lowest BCUT2D eigenvalue weighted by Gasteiger charge is -1.96. The maximum absolute atomic E-state index is 4.98. The number of pyridine rings is 1. The van der Waals surface area contributed by atoms with Crippen LogP contribution in [0.4, 0.5) is 0 Å². The van der Waals surface area contributed by atoms with Crippen molar-refractivity contribution in [3.05, 3.63) is 22.5 Å². The van der Waals surface area contributed by atoms with E-state index >= 15 is 0 Å². The summed E-state index contributed by atoms with van der Waals surface area (Å²) in [6.07, 6.45) is 2.05. The normalized spacial score (nSPS) is 9.80. The van der Waals surface area contributed by atoms with Crippen LogP contribution in [0.5, 0.6) is 0 Å². The maximum atomic E-state index is 4.98. The molecular formula is C7H9NS2. The molecule has 0 unspecified atom stereocenters. The molecule has 0 saturated heterocycles. The number of aryl methyl sites for hydroxylation is 1. The van der Waals surface area contributed by atoms with Gasteiger partial charge in [-0.2, -0.15) is 0 Å². The second kappa shape index (κ2) is 3.21. The second-order valence-electron chi connectivity index (χ2n) is 2.07. The first-order valence-electron chi connectivity index (χ1n) is 2.97. The highest BCUT2D eigenvalue weighted by atomic mass is 32.2. The molecule has 1 nitrogen and oxygen atoms in total. The topological polar surface area (TPSA) is 15.8 Å². The molecule has 3 heteroatoms. The summed E-state index contributed by atoms with van der Waals surface area (Å²) >= 11 is 6.69. The van der Waals surface area contributed by atoms with Crippen LogP contribution in [0.15, 0.2) is 17.0 Å². The van der Waals surface area contributed by atoms with Crippen LogP contribution in [-0.2, 0) is 0 Å². The summed E-state index contributed by atoms with van der Waals surface area (Å²) in [5, 5.41) is 0. The van der Waals surface area contributed by atoms with Gasteiger partial charge in [-0.3, -0.25) is 0 Å². The predicted octanol–water partition coefficient (Wildman–Crippen LogP) is 2.77. The SMILES string of the molecule is CSc1cc(C)[nH]c(=S)c1. The fourth-order valence-electron chi connectivity index (χ4n) is 0.769. The first-order valence-corrected chi connectivity index (χ1v) is 4.60. The molecule has 0 fully saturated rings. The standard InChI is InChI=1S/C7H9NS2/c1-5-3-6(10-2)4-7(9)8-5/h3-4H,1-2H3,(H,8,9). The van der Waals surface area contributed by atoms with Gasteiger partial charge in [0, 0.05) is 10.6 Å². The van der Waals surface area contributed by atoms with Gasteiger partial charge in [-0.05, 0) is 25.3 Å². The summed E-state index contributed by atoms with van der Waals surface area (Å²) in [4.78, 5) is 4.27. The third-order valence-electron chi connectivity index (χ3n) is 1.19. The van der Waals surface area contributed by atoms with Gasteiger partial charge in [0.15, 0.2) is 0 Å². The molecule has 0 saturated carbocycles. The molecule has 0 bridgehead atoms. The molecule has 0 aliphatic rings. The van der Waals surface area contributed by atoms with E-state index in [0.29, 0.717) is 0 Å². The third-order valence-corrected chi connectivity index (χ3v) is 2.12. The van der Waals surface area contributed by atoms with Crippen LogP contribution < -0.4 is 0 Å². The molecule has 1 rings (SSSR count). The van der Waals surface area contributed by atoms with Gasteiger partial charge in [0.25, 0.3) is 0 Å². The molecule has 10 heavy (non-hydrogen) atoms. The minimum absolute atomic E-state index is 0.810. The van der Waals surface area contributed by atoms with Gasteiger partial charge in [-0.1, -0.05) is 12.2 Å². The first kappa shape index (κ1) is 7.82. The van der Waals surface area contributed by atoms with E-state index in [1.165, 1.54) is 4.90 Å². The van der Waals surface area contributed by atoms with Gasteiger partial charge in [0.05, 0.1) is 0 Å². The van der Waals surface area contributed by atoms with Crippen LogP contribution in [0.2, 0.25) is 0 Å². The smallest absolute Gasteiger partial charge is 0.104 e. The van der Waals surface area contributed by atoms with Crippen molar-refractivity contribution < 1.29 is 0 Å². The molecule has 0 aromatic carbocycles. The Morgan fingerprint density at radius 2 is 2.20 bits per heavy atom. The van der Waals surface area contributed by atoms with Crippen molar-refractivity contribution in [2.24, 2.45) is 0 Å². The van der Waals surface area contributed by atoms with E-state index in [-0.39, 0.29) is 0 Å². The number of rotatable bonds is 1. The monoisotopic (exact) mass is 171 g/mol. The quantitative estimate of drug-likeness (QED) is 0.516. The van der Waals surface area contributed by atoms with Crippen LogP contribution in [-0.4, -0.2) is 11.2 Å². The summed E-state index contributed by atoms with van der Waals surface area (Å²) in [5.41, 5.74) is 1.12. The van der Waals surface area contributed by atoms with E-state index in [4.69, 9.17) is 12.2 Å². The van der Waals surface area contributed by atoms with Crippen molar-refractivity contribution in [3.8, 4) is 0 Å². The van der Waals surface area contributed by atoms with Gasteiger partial charge < -0.3 is 4.98 Å². The Hall–Kier alpha value is -0.280. The van der Waals surface area contributed by atoms with E-state index in [9.17, 15) is 0 Å². The molecular weight excluding hydrogens is 162 g/mol. The van der Waals surface area contributed by atoms with Gasteiger partial charge in [0.2, 0.25) is 0 Å². The highest BCUT2D eigenvalue weighted by Gasteiger charge is 1.89. The summed E-state index contributed by atoms with van der Waals surface area (Å²) in [6.45, 7) is 2.01. The molecule has 0 aliphatic heterocycles.